The Morgan fingerprint density at radius 2 is 1.09 bits per heavy atom. The third-order valence-electron chi connectivity index (χ3n) is 16.6. The molecule has 2 aliphatic carbocycles. The van der Waals surface area contributed by atoms with Gasteiger partial charge in [0.05, 0.1) is 41.0 Å². The molecule has 24 nitrogen and oxygen atoms in total. The lowest BCUT2D eigenvalue weighted by Gasteiger charge is -2.41. The van der Waals surface area contributed by atoms with Crippen molar-refractivity contribution in [1.82, 2.24) is 69.3 Å². The number of carbonyl (C=O) groups excluding carboxylic acids is 5. The van der Waals surface area contributed by atoms with Crippen LogP contribution >= 0.6 is 11.6 Å². The van der Waals surface area contributed by atoms with Gasteiger partial charge in [0, 0.05) is 80.9 Å². The highest BCUT2D eigenvalue weighted by atomic mass is 35.5. The van der Waals surface area contributed by atoms with E-state index in [2.05, 4.69) is 45.4 Å². The van der Waals surface area contributed by atoms with Crippen molar-refractivity contribution < 1.29 is 38.6 Å². The smallest absolute Gasteiger partial charge is 0.410 e. The van der Waals surface area contributed by atoms with Crippen LogP contribution in [0.2, 0.25) is 5.28 Å². The molecular formula is C60H79ClN16O8. The van der Waals surface area contributed by atoms with Gasteiger partial charge in [-0.25, -0.2) is 29.5 Å². The van der Waals surface area contributed by atoms with Crippen molar-refractivity contribution in [2.75, 3.05) is 51.3 Å². The summed E-state index contributed by atoms with van der Waals surface area (Å²) in [5.74, 6) is 0.944. The zero-order valence-corrected chi connectivity index (χ0v) is 50.5. The summed E-state index contributed by atoms with van der Waals surface area (Å²) in [4.78, 5) is 97.0. The molecule has 454 valence electrons. The summed E-state index contributed by atoms with van der Waals surface area (Å²) in [7, 11) is 3.37. The number of amides is 5. The average molecular weight is 1190 g/mol. The van der Waals surface area contributed by atoms with Crippen LogP contribution < -0.4 is 21.7 Å². The summed E-state index contributed by atoms with van der Waals surface area (Å²) in [6.45, 7) is 13.2. The highest BCUT2D eigenvalue weighted by Crippen LogP contribution is 2.38. The summed E-state index contributed by atoms with van der Waals surface area (Å²) >= 11 is 5.91. The topological polar surface area (TPSA) is 286 Å². The van der Waals surface area contributed by atoms with Crippen molar-refractivity contribution in [3.8, 4) is 0 Å². The Labute approximate surface area is 499 Å². The fraction of sp³-hybridized carbons (Fsp3) is 0.550. The SMILES string of the molecule is CC(C)(C)OC(=O)N1C2CCC1CN(C(=O)c1ccc(N)nc1)C2.CNC(=O)c1cc2cnc(Nc3ccc(C(=O)N4CC5CCC(C4)N5C(=O)OC(C)(C)C)cn3)nc2n1C1CCCC1.CNC(O)c1cc2cnc(Cl)nc2n1C1CCCC1. The fourth-order valence-corrected chi connectivity index (χ4v) is 12.9. The molecule has 0 aromatic carbocycles. The number of carbonyl (C=O) groups is 5. The maximum atomic E-state index is 13.4. The number of hydrogen-bond acceptors (Lipinski definition) is 17. The van der Waals surface area contributed by atoms with Crippen LogP contribution in [0, 0.1) is 0 Å². The molecule has 5 atom stereocenters. The predicted octanol–water partition coefficient (Wildman–Crippen LogP) is 8.57. The maximum absolute atomic E-state index is 13.4. The zero-order valence-electron chi connectivity index (χ0n) is 49.8. The molecule has 4 aliphatic heterocycles. The van der Waals surface area contributed by atoms with E-state index in [0.717, 1.165) is 86.3 Å². The van der Waals surface area contributed by atoms with Crippen LogP contribution in [-0.2, 0) is 9.47 Å². The highest BCUT2D eigenvalue weighted by molar-refractivity contribution is 6.28. The monoisotopic (exact) mass is 1190 g/mol. The minimum Gasteiger partial charge on any atom is -0.444 e. The summed E-state index contributed by atoms with van der Waals surface area (Å²) in [6.07, 6.45) is 17.6. The molecule has 2 saturated carbocycles. The van der Waals surface area contributed by atoms with Crippen molar-refractivity contribution >= 4 is 81.2 Å². The molecule has 10 heterocycles. The minimum atomic E-state index is -0.700. The number of nitrogens with one attached hydrogen (secondary N) is 3. The summed E-state index contributed by atoms with van der Waals surface area (Å²) < 4.78 is 15.3. The molecule has 0 spiro atoms. The van der Waals surface area contributed by atoms with Crippen LogP contribution in [0.3, 0.4) is 0 Å². The lowest BCUT2D eigenvalue weighted by Crippen LogP contribution is -2.57. The largest absolute Gasteiger partial charge is 0.444 e. The first-order valence-corrected chi connectivity index (χ1v) is 30.0. The molecule has 6 aliphatic rings. The number of anilines is 3. The Morgan fingerprint density at radius 3 is 1.56 bits per heavy atom. The molecule has 4 saturated heterocycles. The van der Waals surface area contributed by atoms with Gasteiger partial charge in [0.15, 0.2) is 0 Å². The second-order valence-electron chi connectivity index (χ2n) is 24.9. The highest BCUT2D eigenvalue weighted by Gasteiger charge is 2.47. The molecule has 6 fully saturated rings. The number of halogens is 1. The van der Waals surface area contributed by atoms with E-state index in [1.165, 1.54) is 19.0 Å². The van der Waals surface area contributed by atoms with Gasteiger partial charge in [-0.3, -0.25) is 29.5 Å². The number of nitrogen functional groups attached to an aromatic ring is 1. The molecule has 6 aromatic rings. The second-order valence-corrected chi connectivity index (χ2v) is 25.2. The molecule has 4 bridgehead atoms. The van der Waals surface area contributed by atoms with Gasteiger partial charge in [-0.1, -0.05) is 25.7 Å². The fourth-order valence-electron chi connectivity index (χ4n) is 12.8. The predicted molar refractivity (Wildman–Crippen MR) is 320 cm³/mol. The Hall–Kier alpha value is -7.70. The van der Waals surface area contributed by atoms with E-state index in [0.29, 0.717) is 72.3 Å². The molecule has 5 unspecified atom stereocenters. The normalized spacial score (nSPS) is 20.9. The summed E-state index contributed by atoms with van der Waals surface area (Å²) in [6, 6.07) is 11.1. The zero-order chi connectivity index (χ0) is 60.5. The first kappa shape index (κ1) is 60.4. The van der Waals surface area contributed by atoms with E-state index in [4.69, 9.17) is 31.8 Å². The van der Waals surface area contributed by atoms with Crippen LogP contribution in [0.1, 0.15) is 174 Å². The van der Waals surface area contributed by atoms with Crippen LogP contribution in [0.25, 0.3) is 22.1 Å². The minimum absolute atomic E-state index is 0.0179. The van der Waals surface area contributed by atoms with Gasteiger partial charge in [-0.2, -0.15) is 9.97 Å². The maximum Gasteiger partial charge on any atom is 0.410 e. The van der Waals surface area contributed by atoms with E-state index in [1.807, 2.05) is 72.9 Å². The molecule has 5 amide bonds. The number of ether oxygens (including phenoxy) is 2. The van der Waals surface area contributed by atoms with Gasteiger partial charge >= 0.3 is 12.2 Å². The van der Waals surface area contributed by atoms with E-state index in [1.54, 1.807) is 61.9 Å². The Morgan fingerprint density at radius 1 is 0.612 bits per heavy atom. The number of nitrogens with zero attached hydrogens (tertiary/aromatic N) is 12. The van der Waals surface area contributed by atoms with Gasteiger partial charge in [0.1, 0.15) is 46.1 Å². The number of likely N-dealkylation sites (tertiary alicyclic amines) is 2. The van der Waals surface area contributed by atoms with Gasteiger partial charge < -0.3 is 49.9 Å². The number of pyridine rings is 2. The van der Waals surface area contributed by atoms with E-state index in [9.17, 15) is 29.1 Å². The van der Waals surface area contributed by atoms with Crippen molar-refractivity contribution in [1.29, 1.82) is 0 Å². The number of hydrogen-bond donors (Lipinski definition) is 5. The lowest BCUT2D eigenvalue weighted by atomic mass is 10.1. The van der Waals surface area contributed by atoms with Crippen LogP contribution in [0.5, 0.6) is 0 Å². The molecule has 0 radical (unpaired) electrons. The quantitative estimate of drug-likeness (QED) is 0.0669. The number of aliphatic hydroxyl groups excluding tert-OH is 1. The number of fused-ring (bicyclic) bond motifs is 6. The lowest BCUT2D eigenvalue weighted by molar-refractivity contribution is -0.00386. The summed E-state index contributed by atoms with van der Waals surface area (Å²) in [5.41, 5.74) is 8.45. The van der Waals surface area contributed by atoms with Crippen LogP contribution in [0.4, 0.5) is 27.2 Å². The Balaban J connectivity index is 0.000000157. The van der Waals surface area contributed by atoms with E-state index >= 15 is 0 Å². The van der Waals surface area contributed by atoms with E-state index < -0.39 is 17.4 Å². The van der Waals surface area contributed by atoms with Gasteiger partial charge in [-0.15, -0.1) is 0 Å². The number of piperazine rings is 2. The third-order valence-corrected chi connectivity index (χ3v) is 16.8. The van der Waals surface area contributed by atoms with E-state index in [-0.39, 0.29) is 65.4 Å². The van der Waals surface area contributed by atoms with Gasteiger partial charge in [0.2, 0.25) is 11.2 Å². The number of nitrogens with two attached hydrogens (primary N) is 1. The van der Waals surface area contributed by atoms with Crippen LogP contribution in [0.15, 0.2) is 61.2 Å². The third kappa shape index (κ3) is 13.6. The molecule has 85 heavy (non-hydrogen) atoms. The number of aromatic nitrogens is 8. The Kier molecular flexibility index (Phi) is 17.8. The molecule has 6 aromatic heterocycles. The number of rotatable bonds is 9. The first-order valence-electron chi connectivity index (χ1n) is 29.6. The second kappa shape index (κ2) is 25.1. The van der Waals surface area contributed by atoms with Gasteiger partial charge in [-0.05, 0) is 148 Å². The molecular weight excluding hydrogens is 1110 g/mol. The molecule has 25 heteroatoms. The van der Waals surface area contributed by atoms with Crippen molar-refractivity contribution in [3.63, 3.8) is 0 Å². The Bertz CT molecular complexity index is 3380. The number of aliphatic hydroxyl groups is 1. The average Bonchev–Trinajstić information content (AvgIpc) is 2.13. The van der Waals surface area contributed by atoms with Crippen molar-refractivity contribution in [2.24, 2.45) is 0 Å². The molecule has 6 N–H and O–H groups in total. The summed E-state index contributed by atoms with van der Waals surface area (Å²) in [5, 5.41) is 20.8. The standard InChI is InChI=1S/C30H38N8O4.C17H24N4O3.C13H17ClN4O/c1-30(2,3)42-29(41)37-21-10-11-22(37)17-36(16-21)27(40)18-9-12-24(32-14-18)34-28-33-15-19-13-23(26(39)31-4)38(25(19)35-28)20-7-5-6-8-20;1-17(2,3)24-16(23)21-12-5-6-13(21)10-20(9-12)15(22)11-4-7-14(18)19-8-11;1-15-12(19)10-6-8-7-16-13(14)17-11(8)18(10)9-4-2-3-5-9/h9,12-15,20-22H,5-8,10-11,16-17H2,1-4H3,(H,31,39)(H,32,33,34,35);4,7-8,12-13H,5-6,9-10H2,1-3H3,(H2,18,19);6-7,9,12,15,19H,2-5H2,1H3. The van der Waals surface area contributed by atoms with Gasteiger partial charge in [0.25, 0.3) is 17.7 Å². The van der Waals surface area contributed by atoms with Crippen LogP contribution in [-0.4, -0.2) is 169 Å². The van der Waals surface area contributed by atoms with Crippen molar-refractivity contribution in [3.05, 3.63) is 89.0 Å². The van der Waals surface area contributed by atoms with Crippen molar-refractivity contribution in [2.45, 2.75) is 172 Å². The molecule has 12 rings (SSSR count). The first-order chi connectivity index (χ1) is 40.6.